The highest BCUT2D eigenvalue weighted by molar-refractivity contribution is 5.92. The number of carbonyl (C=O) groups excluding carboxylic acids is 4. The zero-order valence-electron chi connectivity index (χ0n) is 20.9. The van der Waals surface area contributed by atoms with Crippen molar-refractivity contribution in [3.63, 3.8) is 0 Å². The van der Waals surface area contributed by atoms with Gasteiger partial charge in [-0.15, -0.1) is 0 Å². The third-order valence-electron chi connectivity index (χ3n) is 4.32. The van der Waals surface area contributed by atoms with Crippen LogP contribution in [0.2, 0.25) is 0 Å². The molecule has 0 heterocycles. The molecule has 9 heteroatoms. The van der Waals surface area contributed by atoms with Gasteiger partial charge in [0.1, 0.15) is 29.8 Å². The second kappa shape index (κ2) is 11.7. The number of alkyl carbamates (subject to hydrolysis) is 1. The molecule has 2 N–H and O–H groups in total. The zero-order chi connectivity index (χ0) is 25.4. The number of ether oxygens (including phenoxy) is 2. The van der Waals surface area contributed by atoms with E-state index in [2.05, 4.69) is 10.6 Å². The van der Waals surface area contributed by atoms with Crippen LogP contribution in [-0.4, -0.2) is 65.7 Å². The maximum atomic E-state index is 13.0. The van der Waals surface area contributed by atoms with E-state index in [1.165, 1.54) is 18.9 Å². The van der Waals surface area contributed by atoms with Gasteiger partial charge in [0.15, 0.2) is 0 Å². The van der Waals surface area contributed by atoms with E-state index in [4.69, 9.17) is 9.47 Å². The highest BCUT2D eigenvalue weighted by Crippen LogP contribution is 2.12. The van der Waals surface area contributed by atoms with Crippen molar-refractivity contribution >= 4 is 23.9 Å². The first kappa shape index (κ1) is 27.9. The van der Waals surface area contributed by atoms with Crippen molar-refractivity contribution in [2.75, 3.05) is 13.6 Å². The summed E-state index contributed by atoms with van der Waals surface area (Å²) in [4.78, 5) is 51.3. The number of benzene rings is 1. The summed E-state index contributed by atoms with van der Waals surface area (Å²) in [5.74, 6) is -1.57. The fraction of sp³-hybridized carbons (Fsp3) is 0.583. The number of esters is 1. The lowest BCUT2D eigenvalue weighted by molar-refractivity contribution is -0.154. The van der Waals surface area contributed by atoms with Crippen LogP contribution in [0, 0.1) is 0 Å². The first-order chi connectivity index (χ1) is 15.1. The molecule has 3 amide bonds. The molecule has 1 aromatic carbocycles. The van der Waals surface area contributed by atoms with Gasteiger partial charge >= 0.3 is 12.1 Å². The van der Waals surface area contributed by atoms with E-state index < -0.39 is 47.2 Å². The molecule has 0 aliphatic carbocycles. The van der Waals surface area contributed by atoms with E-state index >= 15 is 0 Å². The van der Waals surface area contributed by atoms with E-state index in [0.29, 0.717) is 0 Å². The van der Waals surface area contributed by atoms with Crippen molar-refractivity contribution in [3.8, 4) is 0 Å². The van der Waals surface area contributed by atoms with Crippen LogP contribution in [0.4, 0.5) is 4.79 Å². The Balaban J connectivity index is 2.93. The minimum atomic E-state index is -0.929. The molecular weight excluding hydrogens is 426 g/mol. The topological polar surface area (TPSA) is 114 Å². The summed E-state index contributed by atoms with van der Waals surface area (Å²) in [5, 5.41) is 5.05. The van der Waals surface area contributed by atoms with Gasteiger partial charge in [-0.3, -0.25) is 14.4 Å². The van der Waals surface area contributed by atoms with Crippen LogP contribution in [0.3, 0.4) is 0 Å². The number of hydrogen-bond donors (Lipinski definition) is 2. The molecule has 0 aromatic heterocycles. The van der Waals surface area contributed by atoms with Gasteiger partial charge in [-0.1, -0.05) is 30.3 Å². The van der Waals surface area contributed by atoms with Crippen molar-refractivity contribution in [2.24, 2.45) is 0 Å². The van der Waals surface area contributed by atoms with E-state index in [9.17, 15) is 19.2 Å². The minimum absolute atomic E-state index is 0.225. The quantitative estimate of drug-likeness (QED) is 0.573. The van der Waals surface area contributed by atoms with Crippen LogP contribution in [0.15, 0.2) is 30.3 Å². The number of carbonyl (C=O) groups is 4. The number of hydrogen-bond acceptors (Lipinski definition) is 6. The molecule has 0 saturated heterocycles. The third-order valence-corrected chi connectivity index (χ3v) is 4.32. The first-order valence-corrected chi connectivity index (χ1v) is 10.9. The van der Waals surface area contributed by atoms with Gasteiger partial charge < -0.3 is 25.0 Å². The SMILES string of the molecule is C[C@H](NC(=O)OC(C)(C)C)C(=O)N(C)[C@H](Cc1ccccc1)C(=O)NCC(=O)OC(C)(C)C. The standard InChI is InChI=1S/C24H37N3O6/c1-16(26-22(31)33-24(5,6)7)21(30)27(8)18(14-17-12-10-9-11-13-17)20(29)25-15-19(28)32-23(2,3)4/h9-13,16,18H,14-15H2,1-8H3,(H,25,29)(H,26,31)/t16-,18+/m0/s1. The molecule has 0 bridgehead atoms. The van der Waals surface area contributed by atoms with E-state index in [1.54, 1.807) is 41.5 Å². The van der Waals surface area contributed by atoms with Crippen molar-refractivity contribution < 1.29 is 28.7 Å². The summed E-state index contributed by atoms with van der Waals surface area (Å²) in [5.41, 5.74) is -0.556. The molecule has 2 atom stereocenters. The molecule has 1 aromatic rings. The summed E-state index contributed by atoms with van der Waals surface area (Å²) in [6.45, 7) is 11.5. The summed E-state index contributed by atoms with van der Waals surface area (Å²) in [6, 6.07) is 7.36. The van der Waals surface area contributed by atoms with Crippen LogP contribution in [-0.2, 0) is 30.3 Å². The van der Waals surface area contributed by atoms with Gasteiger partial charge in [0.05, 0.1) is 0 Å². The Bertz CT molecular complexity index is 827. The summed E-state index contributed by atoms with van der Waals surface area (Å²) >= 11 is 0. The molecule has 0 spiro atoms. The van der Waals surface area contributed by atoms with Gasteiger partial charge in [0.2, 0.25) is 11.8 Å². The number of amides is 3. The monoisotopic (exact) mass is 463 g/mol. The Labute approximate surface area is 196 Å². The molecule has 184 valence electrons. The lowest BCUT2D eigenvalue weighted by atomic mass is 10.0. The first-order valence-electron chi connectivity index (χ1n) is 10.9. The Morgan fingerprint density at radius 2 is 1.48 bits per heavy atom. The molecule has 1 rings (SSSR count). The van der Waals surface area contributed by atoms with Crippen molar-refractivity contribution in [3.05, 3.63) is 35.9 Å². The molecule has 0 aliphatic rings. The summed E-state index contributed by atoms with van der Waals surface area (Å²) in [6.07, 6.45) is -0.506. The van der Waals surface area contributed by atoms with E-state index in [-0.39, 0.29) is 13.0 Å². The van der Waals surface area contributed by atoms with Gasteiger partial charge in [-0.2, -0.15) is 0 Å². The number of nitrogens with zero attached hydrogens (tertiary/aromatic N) is 1. The van der Waals surface area contributed by atoms with Crippen LogP contribution in [0.5, 0.6) is 0 Å². The number of rotatable bonds is 8. The third kappa shape index (κ3) is 10.9. The van der Waals surface area contributed by atoms with Crippen LogP contribution >= 0.6 is 0 Å². The number of likely N-dealkylation sites (N-methyl/N-ethyl adjacent to an activating group) is 1. The smallest absolute Gasteiger partial charge is 0.408 e. The molecule has 0 saturated carbocycles. The average molecular weight is 464 g/mol. The number of nitrogens with one attached hydrogen (secondary N) is 2. The minimum Gasteiger partial charge on any atom is -0.459 e. The van der Waals surface area contributed by atoms with Gasteiger partial charge in [0, 0.05) is 13.5 Å². The van der Waals surface area contributed by atoms with Gasteiger partial charge in [-0.05, 0) is 54.0 Å². The maximum absolute atomic E-state index is 13.0. The molecule has 0 unspecified atom stereocenters. The zero-order valence-corrected chi connectivity index (χ0v) is 20.9. The van der Waals surface area contributed by atoms with E-state index in [1.807, 2.05) is 30.3 Å². The molecule has 9 nitrogen and oxygen atoms in total. The molecule has 33 heavy (non-hydrogen) atoms. The second-order valence-corrected chi connectivity index (χ2v) is 9.83. The summed E-state index contributed by atoms with van der Waals surface area (Å²) < 4.78 is 10.4. The van der Waals surface area contributed by atoms with Crippen molar-refractivity contribution in [2.45, 2.75) is 78.2 Å². The Kier molecular flexibility index (Phi) is 9.88. The fourth-order valence-electron chi connectivity index (χ4n) is 2.90. The molecule has 0 radical (unpaired) electrons. The lowest BCUT2D eigenvalue weighted by Gasteiger charge is -2.30. The van der Waals surface area contributed by atoms with Crippen LogP contribution in [0.25, 0.3) is 0 Å². The van der Waals surface area contributed by atoms with Crippen molar-refractivity contribution in [1.29, 1.82) is 0 Å². The second-order valence-electron chi connectivity index (χ2n) is 9.83. The Hall–Kier alpha value is -3.10. The fourth-order valence-corrected chi connectivity index (χ4v) is 2.90. The van der Waals surface area contributed by atoms with E-state index in [0.717, 1.165) is 5.56 Å². The molecule has 0 aliphatic heterocycles. The highest BCUT2D eigenvalue weighted by Gasteiger charge is 2.31. The van der Waals surface area contributed by atoms with Crippen LogP contribution in [0.1, 0.15) is 54.0 Å². The largest absolute Gasteiger partial charge is 0.459 e. The highest BCUT2D eigenvalue weighted by atomic mass is 16.6. The Morgan fingerprint density at radius 1 is 0.939 bits per heavy atom. The predicted octanol–water partition coefficient (Wildman–Crippen LogP) is 2.43. The molecular formula is C24H37N3O6. The molecule has 0 fully saturated rings. The predicted molar refractivity (Wildman–Crippen MR) is 124 cm³/mol. The normalized spacial score (nSPS) is 13.3. The maximum Gasteiger partial charge on any atom is 0.408 e. The van der Waals surface area contributed by atoms with Crippen LogP contribution < -0.4 is 10.6 Å². The lowest BCUT2D eigenvalue weighted by Crippen LogP contribution is -2.55. The average Bonchev–Trinajstić information content (AvgIpc) is 2.67. The van der Waals surface area contributed by atoms with Gasteiger partial charge in [0.25, 0.3) is 0 Å². The Morgan fingerprint density at radius 3 is 2.00 bits per heavy atom. The van der Waals surface area contributed by atoms with Gasteiger partial charge in [-0.25, -0.2) is 4.79 Å². The van der Waals surface area contributed by atoms with Crippen molar-refractivity contribution in [1.82, 2.24) is 15.5 Å². The summed E-state index contributed by atoms with van der Waals surface area (Å²) in [7, 11) is 1.48.